The number of aryl methyl sites for hydroxylation is 1. The maximum Gasteiger partial charge on any atom is 0.0533 e. The molecule has 0 radical (unpaired) electrons. The molecule has 1 heterocycles. The quantitative estimate of drug-likeness (QED) is 0.832. The molecule has 0 fully saturated rings. The van der Waals surface area contributed by atoms with E-state index in [2.05, 4.69) is 32.1 Å². The number of aromatic nitrogens is 2. The zero-order valence-electron chi connectivity index (χ0n) is 10.7. The maximum atomic E-state index is 6.19. The summed E-state index contributed by atoms with van der Waals surface area (Å²) in [4.78, 5) is 0. The minimum Gasteiger partial charge on any atom is -0.326 e. The van der Waals surface area contributed by atoms with Crippen LogP contribution in [0, 0.1) is 5.92 Å². The van der Waals surface area contributed by atoms with Crippen molar-refractivity contribution >= 4 is 11.8 Å². The molecule has 16 heavy (non-hydrogen) atoms. The van der Waals surface area contributed by atoms with Crippen LogP contribution in [0.4, 0.5) is 0 Å². The monoisotopic (exact) mass is 241 g/mol. The molecular weight excluding hydrogens is 218 g/mol. The molecule has 2 unspecified atom stereocenters. The lowest BCUT2D eigenvalue weighted by molar-refractivity contribution is 0.630. The summed E-state index contributed by atoms with van der Waals surface area (Å²) in [7, 11) is 1.95. The third kappa shape index (κ3) is 3.83. The lowest BCUT2D eigenvalue weighted by Crippen LogP contribution is -2.26. The molecule has 0 saturated heterocycles. The average molecular weight is 241 g/mol. The highest BCUT2D eigenvalue weighted by Gasteiger charge is 2.20. The smallest absolute Gasteiger partial charge is 0.0533 e. The SMILES string of the molecule is CCC(N)C(SCC(C)C)c1cnn(C)c1. The molecule has 0 amide bonds. The van der Waals surface area contributed by atoms with E-state index in [0.29, 0.717) is 11.2 Å². The first kappa shape index (κ1) is 13.6. The van der Waals surface area contributed by atoms with Gasteiger partial charge in [-0.1, -0.05) is 20.8 Å². The maximum absolute atomic E-state index is 6.19. The molecule has 92 valence electrons. The predicted molar refractivity (Wildman–Crippen MR) is 71.5 cm³/mol. The van der Waals surface area contributed by atoms with E-state index >= 15 is 0 Å². The van der Waals surface area contributed by atoms with Gasteiger partial charge in [0.15, 0.2) is 0 Å². The zero-order chi connectivity index (χ0) is 12.1. The van der Waals surface area contributed by atoms with Crippen LogP contribution < -0.4 is 5.73 Å². The molecule has 0 saturated carbocycles. The number of thioether (sulfide) groups is 1. The van der Waals surface area contributed by atoms with Crippen LogP contribution in [0.3, 0.4) is 0 Å². The van der Waals surface area contributed by atoms with Gasteiger partial charge in [-0.05, 0) is 18.1 Å². The first-order valence-electron chi connectivity index (χ1n) is 5.90. The molecule has 4 heteroatoms. The van der Waals surface area contributed by atoms with Crippen LogP contribution in [0.25, 0.3) is 0 Å². The first-order valence-corrected chi connectivity index (χ1v) is 6.95. The van der Waals surface area contributed by atoms with E-state index in [0.717, 1.165) is 12.2 Å². The average Bonchev–Trinajstić information content (AvgIpc) is 2.64. The summed E-state index contributed by atoms with van der Waals surface area (Å²) >= 11 is 1.95. The summed E-state index contributed by atoms with van der Waals surface area (Å²) < 4.78 is 1.85. The first-order chi connectivity index (χ1) is 7.54. The Bertz CT molecular complexity index is 309. The second-order valence-electron chi connectivity index (χ2n) is 4.67. The fraction of sp³-hybridized carbons (Fsp3) is 0.750. The van der Waals surface area contributed by atoms with Crippen molar-refractivity contribution in [3.63, 3.8) is 0 Å². The van der Waals surface area contributed by atoms with E-state index in [1.54, 1.807) is 0 Å². The number of hydrogen-bond acceptors (Lipinski definition) is 3. The molecular formula is C12H23N3S. The van der Waals surface area contributed by atoms with Crippen molar-refractivity contribution in [1.82, 2.24) is 9.78 Å². The summed E-state index contributed by atoms with van der Waals surface area (Å²) in [5, 5.41) is 4.61. The third-order valence-electron chi connectivity index (χ3n) is 2.52. The van der Waals surface area contributed by atoms with Crippen LogP contribution >= 0.6 is 11.8 Å². The van der Waals surface area contributed by atoms with Crippen LogP contribution in [0.15, 0.2) is 12.4 Å². The van der Waals surface area contributed by atoms with Crippen LogP contribution in [0.2, 0.25) is 0 Å². The minimum absolute atomic E-state index is 0.216. The van der Waals surface area contributed by atoms with E-state index in [9.17, 15) is 0 Å². The summed E-state index contributed by atoms with van der Waals surface area (Å²) in [6, 6.07) is 0.216. The predicted octanol–water partition coefficient (Wildman–Crippen LogP) is 2.59. The number of hydrogen-bond donors (Lipinski definition) is 1. The van der Waals surface area contributed by atoms with Gasteiger partial charge in [0.05, 0.1) is 6.20 Å². The van der Waals surface area contributed by atoms with Crippen molar-refractivity contribution in [2.24, 2.45) is 18.7 Å². The van der Waals surface area contributed by atoms with E-state index in [1.165, 1.54) is 5.56 Å². The molecule has 1 rings (SSSR count). The molecule has 0 spiro atoms. The van der Waals surface area contributed by atoms with E-state index in [1.807, 2.05) is 29.7 Å². The topological polar surface area (TPSA) is 43.8 Å². The Morgan fingerprint density at radius 1 is 1.50 bits per heavy atom. The molecule has 2 N–H and O–H groups in total. The van der Waals surface area contributed by atoms with Gasteiger partial charge in [0, 0.05) is 30.1 Å². The van der Waals surface area contributed by atoms with E-state index in [-0.39, 0.29) is 6.04 Å². The Kier molecular flexibility index (Phi) is 5.35. The van der Waals surface area contributed by atoms with Crippen molar-refractivity contribution < 1.29 is 0 Å². The molecule has 0 aliphatic rings. The third-order valence-corrected chi connectivity index (χ3v) is 4.36. The Labute approximate surface area is 103 Å². The molecule has 3 nitrogen and oxygen atoms in total. The van der Waals surface area contributed by atoms with Gasteiger partial charge in [0.2, 0.25) is 0 Å². The number of rotatable bonds is 6. The van der Waals surface area contributed by atoms with E-state index in [4.69, 9.17) is 5.73 Å². The molecule has 1 aromatic heterocycles. The minimum atomic E-state index is 0.216. The summed E-state index contributed by atoms with van der Waals surface area (Å²) in [6.07, 6.45) is 5.02. The Balaban J connectivity index is 2.71. The standard InChI is InChI=1S/C12H23N3S/c1-5-11(13)12(16-8-9(2)3)10-6-14-15(4)7-10/h6-7,9,11-12H,5,8,13H2,1-4H3. The summed E-state index contributed by atoms with van der Waals surface area (Å²) in [6.45, 7) is 6.62. The Morgan fingerprint density at radius 2 is 2.19 bits per heavy atom. The fourth-order valence-electron chi connectivity index (χ4n) is 1.56. The van der Waals surface area contributed by atoms with Gasteiger partial charge in [-0.15, -0.1) is 0 Å². The number of nitrogens with zero attached hydrogens (tertiary/aromatic N) is 2. The zero-order valence-corrected chi connectivity index (χ0v) is 11.5. The highest BCUT2D eigenvalue weighted by Crippen LogP contribution is 2.33. The van der Waals surface area contributed by atoms with Crippen LogP contribution in [-0.2, 0) is 7.05 Å². The lowest BCUT2D eigenvalue weighted by Gasteiger charge is -2.22. The second-order valence-corrected chi connectivity index (χ2v) is 5.84. The van der Waals surface area contributed by atoms with Crippen molar-refractivity contribution in [2.45, 2.75) is 38.5 Å². The van der Waals surface area contributed by atoms with Gasteiger partial charge >= 0.3 is 0 Å². The molecule has 0 aliphatic carbocycles. The normalized spacial score (nSPS) is 15.4. The molecule has 2 atom stereocenters. The van der Waals surface area contributed by atoms with Crippen LogP contribution in [0.5, 0.6) is 0 Å². The van der Waals surface area contributed by atoms with Crippen molar-refractivity contribution in [2.75, 3.05) is 5.75 Å². The largest absolute Gasteiger partial charge is 0.326 e. The summed E-state index contributed by atoms with van der Waals surface area (Å²) in [5.41, 5.74) is 7.44. The van der Waals surface area contributed by atoms with Gasteiger partial charge in [0.1, 0.15) is 0 Å². The lowest BCUT2D eigenvalue weighted by atomic mass is 10.1. The molecule has 1 aromatic rings. The molecule has 0 bridgehead atoms. The molecule has 0 aliphatic heterocycles. The van der Waals surface area contributed by atoms with Gasteiger partial charge in [-0.3, -0.25) is 4.68 Å². The fourth-order valence-corrected chi connectivity index (χ4v) is 2.91. The van der Waals surface area contributed by atoms with Gasteiger partial charge in [-0.2, -0.15) is 16.9 Å². The van der Waals surface area contributed by atoms with Gasteiger partial charge in [0.25, 0.3) is 0 Å². The van der Waals surface area contributed by atoms with Crippen LogP contribution in [-0.4, -0.2) is 21.6 Å². The highest BCUT2D eigenvalue weighted by molar-refractivity contribution is 7.99. The Morgan fingerprint density at radius 3 is 2.62 bits per heavy atom. The van der Waals surface area contributed by atoms with Crippen molar-refractivity contribution in [1.29, 1.82) is 0 Å². The Hall–Kier alpha value is -0.480. The summed E-state index contributed by atoms with van der Waals surface area (Å²) in [5.74, 6) is 1.85. The van der Waals surface area contributed by atoms with Crippen molar-refractivity contribution in [3.05, 3.63) is 18.0 Å². The van der Waals surface area contributed by atoms with Gasteiger partial charge < -0.3 is 5.73 Å². The van der Waals surface area contributed by atoms with Gasteiger partial charge in [-0.25, -0.2) is 0 Å². The number of nitrogens with two attached hydrogens (primary N) is 1. The second kappa shape index (κ2) is 6.30. The molecule has 0 aromatic carbocycles. The van der Waals surface area contributed by atoms with Crippen LogP contribution in [0.1, 0.15) is 38.0 Å². The van der Waals surface area contributed by atoms with Crippen molar-refractivity contribution in [3.8, 4) is 0 Å². The highest BCUT2D eigenvalue weighted by atomic mass is 32.2. The van der Waals surface area contributed by atoms with E-state index < -0.39 is 0 Å².